The molecule has 37 heavy (non-hydrogen) atoms. The lowest BCUT2D eigenvalue weighted by Crippen LogP contribution is -2.35. The van der Waals surface area contributed by atoms with Crippen LogP contribution < -0.4 is 9.62 Å². The number of benzene rings is 1. The Morgan fingerprint density at radius 2 is 1.89 bits per heavy atom. The topological polar surface area (TPSA) is 116 Å². The Balaban J connectivity index is 1.47. The van der Waals surface area contributed by atoms with Crippen molar-refractivity contribution < 1.29 is 17.9 Å². The number of nitrogens with zero attached hydrogens (tertiary/aromatic N) is 6. The molecule has 198 valence electrons. The Morgan fingerprint density at radius 3 is 2.57 bits per heavy atom. The van der Waals surface area contributed by atoms with Gasteiger partial charge in [0.15, 0.2) is 0 Å². The standard InChI is InChI=1S/C24H30FN7O3S2/c1-30(2)37(35)21-15-17(3-5-19(21)25)32-16-20(27-29-32)18-4-6-22(28-36(34)14-13-33)26-23(18)31-11-9-24(7-8-24)10-12-31/h3-6,15-16,33H,7-14H2,1-2H3,(H,26,28). The molecule has 1 aromatic carbocycles. The Kier molecular flexibility index (Phi) is 7.39. The van der Waals surface area contributed by atoms with Crippen LogP contribution in [0, 0.1) is 11.2 Å². The summed E-state index contributed by atoms with van der Waals surface area (Å²) in [5.74, 6) is 0.737. The molecule has 2 unspecified atom stereocenters. The predicted octanol–water partition coefficient (Wildman–Crippen LogP) is 2.50. The van der Waals surface area contributed by atoms with E-state index < -0.39 is 27.8 Å². The van der Waals surface area contributed by atoms with Crippen LogP contribution >= 0.6 is 0 Å². The number of hydrogen-bond acceptors (Lipinski definition) is 7. The predicted molar refractivity (Wildman–Crippen MR) is 141 cm³/mol. The van der Waals surface area contributed by atoms with Crippen molar-refractivity contribution in [2.24, 2.45) is 5.41 Å². The van der Waals surface area contributed by atoms with Gasteiger partial charge in [-0.2, -0.15) is 0 Å². The second-order valence-corrected chi connectivity index (χ2v) is 12.6. The lowest BCUT2D eigenvalue weighted by Gasteiger charge is -2.34. The highest BCUT2D eigenvalue weighted by atomic mass is 32.2. The second-order valence-electron chi connectivity index (χ2n) is 9.65. The van der Waals surface area contributed by atoms with E-state index in [1.165, 1.54) is 34.0 Å². The monoisotopic (exact) mass is 547 g/mol. The molecule has 1 saturated heterocycles. The first kappa shape index (κ1) is 25.9. The maximum Gasteiger partial charge on any atom is 0.140 e. The van der Waals surface area contributed by atoms with Crippen LogP contribution in [0.25, 0.3) is 16.9 Å². The van der Waals surface area contributed by atoms with E-state index in [-0.39, 0.29) is 17.3 Å². The third-order valence-electron chi connectivity index (χ3n) is 6.92. The molecular formula is C24H30FN7O3S2. The van der Waals surface area contributed by atoms with Crippen LogP contribution in [0.2, 0.25) is 0 Å². The molecule has 13 heteroatoms. The first-order valence-corrected chi connectivity index (χ1v) is 14.5. The van der Waals surface area contributed by atoms with Crippen LogP contribution in [0.1, 0.15) is 25.7 Å². The quantitative estimate of drug-likeness (QED) is 0.423. The summed E-state index contributed by atoms with van der Waals surface area (Å²) >= 11 is 0. The second kappa shape index (κ2) is 10.6. The number of halogens is 1. The van der Waals surface area contributed by atoms with Crippen LogP contribution in [-0.4, -0.2) is 77.4 Å². The fourth-order valence-electron chi connectivity index (χ4n) is 4.54. The summed E-state index contributed by atoms with van der Waals surface area (Å²) in [5.41, 5.74) is 2.38. The maximum absolute atomic E-state index is 14.3. The molecule has 1 spiro atoms. The van der Waals surface area contributed by atoms with Crippen molar-refractivity contribution in [3.05, 3.63) is 42.3 Å². The zero-order chi connectivity index (χ0) is 26.2. The largest absolute Gasteiger partial charge is 0.395 e. The number of nitrogens with one attached hydrogen (secondary N) is 1. The Morgan fingerprint density at radius 1 is 1.14 bits per heavy atom. The van der Waals surface area contributed by atoms with Crippen molar-refractivity contribution in [3.8, 4) is 16.9 Å². The zero-order valence-corrected chi connectivity index (χ0v) is 22.4. The highest BCUT2D eigenvalue weighted by Crippen LogP contribution is 2.54. The van der Waals surface area contributed by atoms with Gasteiger partial charge in [0.2, 0.25) is 0 Å². The van der Waals surface area contributed by atoms with Crippen molar-refractivity contribution in [3.63, 3.8) is 0 Å². The number of aromatic nitrogens is 4. The number of piperidine rings is 1. The van der Waals surface area contributed by atoms with Crippen LogP contribution in [0.4, 0.5) is 16.0 Å². The molecule has 2 aromatic heterocycles. The smallest absolute Gasteiger partial charge is 0.140 e. The molecule has 0 radical (unpaired) electrons. The molecule has 2 N–H and O–H groups in total. The first-order valence-electron chi connectivity index (χ1n) is 12.1. The molecular weight excluding hydrogens is 517 g/mol. The maximum atomic E-state index is 14.3. The highest BCUT2D eigenvalue weighted by molar-refractivity contribution is 7.86. The number of hydrogen-bond donors (Lipinski definition) is 2. The van der Waals surface area contributed by atoms with Gasteiger partial charge >= 0.3 is 0 Å². The third-order valence-corrected chi connectivity index (χ3v) is 9.26. The molecule has 3 aromatic rings. The minimum atomic E-state index is -1.65. The van der Waals surface area contributed by atoms with Gasteiger partial charge in [0.05, 0.1) is 29.1 Å². The molecule has 2 atom stereocenters. The van der Waals surface area contributed by atoms with Crippen molar-refractivity contribution >= 4 is 33.6 Å². The number of aliphatic hydroxyl groups is 1. The van der Waals surface area contributed by atoms with E-state index >= 15 is 0 Å². The molecule has 10 nitrogen and oxygen atoms in total. The Labute approximate surface area is 220 Å². The number of anilines is 2. The first-order chi connectivity index (χ1) is 17.8. The summed E-state index contributed by atoms with van der Waals surface area (Å²) in [6.07, 6.45) is 6.52. The normalized spacial score (nSPS) is 18.2. The van der Waals surface area contributed by atoms with E-state index in [0.717, 1.165) is 37.3 Å². The molecule has 1 saturated carbocycles. The van der Waals surface area contributed by atoms with Crippen LogP contribution in [-0.2, 0) is 22.0 Å². The fourth-order valence-corrected chi connectivity index (χ4v) is 6.01. The Bertz CT molecular complexity index is 1340. The highest BCUT2D eigenvalue weighted by Gasteiger charge is 2.44. The van der Waals surface area contributed by atoms with Gasteiger partial charge in [0.1, 0.15) is 45.1 Å². The Hall–Kier alpha value is -2.74. The lowest BCUT2D eigenvalue weighted by atomic mass is 9.93. The van der Waals surface area contributed by atoms with Crippen LogP contribution in [0.5, 0.6) is 0 Å². The third kappa shape index (κ3) is 5.59. The van der Waals surface area contributed by atoms with Crippen molar-refractivity contribution in [1.29, 1.82) is 0 Å². The van der Waals surface area contributed by atoms with Crippen molar-refractivity contribution in [2.45, 2.75) is 30.6 Å². The molecule has 5 rings (SSSR count). The van der Waals surface area contributed by atoms with Gasteiger partial charge in [-0.15, -0.1) is 5.10 Å². The summed E-state index contributed by atoms with van der Waals surface area (Å²) in [5, 5.41) is 17.7. The fraction of sp³-hybridized carbons (Fsp3) is 0.458. The van der Waals surface area contributed by atoms with Gasteiger partial charge in [-0.05, 0) is 75.5 Å². The molecule has 0 bridgehead atoms. The number of rotatable bonds is 9. The summed E-state index contributed by atoms with van der Waals surface area (Å²) < 4.78 is 44.8. The van der Waals surface area contributed by atoms with Gasteiger partial charge in [0.25, 0.3) is 0 Å². The molecule has 0 amide bonds. The summed E-state index contributed by atoms with van der Waals surface area (Å²) in [4.78, 5) is 7.08. The minimum absolute atomic E-state index is 0.0653. The van der Waals surface area contributed by atoms with E-state index in [0.29, 0.717) is 22.6 Å². The molecule has 3 heterocycles. The molecule has 1 aliphatic carbocycles. The zero-order valence-electron chi connectivity index (χ0n) is 20.8. The SMILES string of the molecule is CN(C)S(=O)c1cc(-n2cc(-c3ccc(NS(=O)CCO)nc3N3CCC4(CC3)CC4)nn2)ccc1F. The van der Waals surface area contributed by atoms with Gasteiger partial charge < -0.3 is 10.0 Å². The van der Waals surface area contributed by atoms with E-state index in [1.807, 2.05) is 6.07 Å². The van der Waals surface area contributed by atoms with Crippen molar-refractivity contribution in [1.82, 2.24) is 24.3 Å². The lowest BCUT2D eigenvalue weighted by molar-refractivity contribution is 0.321. The van der Waals surface area contributed by atoms with Gasteiger partial charge in [-0.1, -0.05) is 5.21 Å². The molecule has 2 fully saturated rings. The average molecular weight is 548 g/mol. The van der Waals surface area contributed by atoms with Crippen molar-refractivity contribution in [2.75, 3.05) is 49.2 Å². The molecule has 2 aliphatic rings. The van der Waals surface area contributed by atoms with Crippen LogP contribution in [0.3, 0.4) is 0 Å². The van der Waals surface area contributed by atoms with E-state index in [9.17, 15) is 12.8 Å². The van der Waals surface area contributed by atoms with Gasteiger partial charge in [-0.3, -0.25) is 4.72 Å². The van der Waals surface area contributed by atoms with E-state index in [4.69, 9.17) is 10.1 Å². The van der Waals surface area contributed by atoms with Crippen LogP contribution in [0.15, 0.2) is 41.4 Å². The summed E-state index contributed by atoms with van der Waals surface area (Å²) in [6.45, 7) is 1.55. The summed E-state index contributed by atoms with van der Waals surface area (Å²) in [7, 11) is 0.150. The van der Waals surface area contributed by atoms with E-state index in [1.54, 1.807) is 32.4 Å². The minimum Gasteiger partial charge on any atom is -0.395 e. The molecule has 1 aliphatic heterocycles. The summed E-state index contributed by atoms with van der Waals surface area (Å²) in [6, 6.07) is 7.94. The number of pyridine rings is 1. The van der Waals surface area contributed by atoms with Gasteiger partial charge in [-0.25, -0.2) is 26.8 Å². The van der Waals surface area contributed by atoms with Gasteiger partial charge in [0, 0.05) is 18.7 Å². The number of aliphatic hydroxyl groups excluding tert-OH is 1. The average Bonchev–Trinajstić information content (AvgIpc) is 3.45. The van der Waals surface area contributed by atoms with E-state index in [2.05, 4.69) is 19.9 Å².